The van der Waals surface area contributed by atoms with Crippen molar-refractivity contribution in [1.29, 1.82) is 0 Å². The van der Waals surface area contributed by atoms with Gasteiger partial charge in [0.15, 0.2) is 0 Å². The van der Waals surface area contributed by atoms with Crippen LogP contribution in [0.2, 0.25) is 0 Å². The quantitative estimate of drug-likeness (QED) is 0.445. The molecule has 0 bridgehead atoms. The van der Waals surface area contributed by atoms with Gasteiger partial charge in [0, 0.05) is 16.1 Å². The van der Waals surface area contributed by atoms with Crippen LogP contribution in [0.5, 0.6) is 0 Å². The Bertz CT molecular complexity index is 684. The molecule has 0 radical (unpaired) electrons. The normalized spacial score (nSPS) is 13.0. The molecule has 1 aliphatic carbocycles. The van der Waals surface area contributed by atoms with Gasteiger partial charge in [-0.15, -0.1) is 0 Å². The van der Waals surface area contributed by atoms with E-state index in [1.807, 2.05) is 0 Å². The Morgan fingerprint density at radius 1 is 0.731 bits per heavy atom. The molecule has 0 atom stereocenters. The van der Waals surface area contributed by atoms with Gasteiger partial charge >= 0.3 is 0 Å². The van der Waals surface area contributed by atoms with Crippen molar-refractivity contribution in [2.45, 2.75) is 6.10 Å². The van der Waals surface area contributed by atoms with Crippen LogP contribution >= 0.6 is 31.9 Å². The first-order valence-corrected chi connectivity index (χ1v) is 10.1. The molecule has 0 saturated carbocycles. The number of benzene rings is 2. The molecule has 0 amide bonds. The van der Waals surface area contributed by atoms with E-state index in [0.29, 0.717) is 39.6 Å². The second-order valence-electron chi connectivity index (χ2n) is 5.93. The zero-order valence-corrected chi connectivity index (χ0v) is 17.8. The van der Waals surface area contributed by atoms with Crippen LogP contribution in [0.3, 0.4) is 0 Å². The number of hydrogen-bond donors (Lipinski definition) is 0. The second-order valence-corrected chi connectivity index (χ2v) is 7.76. The fourth-order valence-corrected chi connectivity index (χ4v) is 3.79. The van der Waals surface area contributed by atoms with Crippen molar-refractivity contribution >= 4 is 31.9 Å². The summed E-state index contributed by atoms with van der Waals surface area (Å²) in [5.41, 5.74) is 4.84. The van der Waals surface area contributed by atoms with Crippen LogP contribution in [-0.4, -0.2) is 46.8 Å². The summed E-state index contributed by atoms with van der Waals surface area (Å²) in [6.07, 6.45) is -0.0726. The summed E-state index contributed by atoms with van der Waals surface area (Å²) in [7, 11) is 1.66. The van der Waals surface area contributed by atoms with Crippen LogP contribution < -0.4 is 0 Å². The summed E-state index contributed by atoms with van der Waals surface area (Å²) in [4.78, 5) is 0. The molecule has 26 heavy (non-hydrogen) atoms. The van der Waals surface area contributed by atoms with Crippen molar-refractivity contribution in [3.05, 3.63) is 56.5 Å². The van der Waals surface area contributed by atoms with Crippen LogP contribution in [0.25, 0.3) is 11.1 Å². The zero-order chi connectivity index (χ0) is 18.4. The maximum Gasteiger partial charge on any atom is 0.109 e. The molecule has 0 aliphatic heterocycles. The molecule has 140 valence electrons. The average Bonchev–Trinajstić information content (AvgIpc) is 2.92. The van der Waals surface area contributed by atoms with Gasteiger partial charge in [-0.1, -0.05) is 44.0 Å². The Balaban J connectivity index is 1.55. The lowest BCUT2D eigenvalue weighted by molar-refractivity contribution is -0.00747. The van der Waals surface area contributed by atoms with E-state index in [4.69, 9.17) is 18.9 Å². The predicted molar refractivity (Wildman–Crippen MR) is 109 cm³/mol. The lowest BCUT2D eigenvalue weighted by Crippen LogP contribution is -2.13. The largest absolute Gasteiger partial charge is 0.382 e. The molecular weight excluding hydrogens is 464 g/mol. The third-order valence-electron chi connectivity index (χ3n) is 4.20. The molecule has 2 aromatic rings. The SMILES string of the molecule is COCCOCCOCCOC1c2cc(Br)ccc2-c2ccc(Br)cc21. The lowest BCUT2D eigenvalue weighted by Gasteiger charge is -2.15. The number of fused-ring (bicyclic) bond motifs is 3. The van der Waals surface area contributed by atoms with Gasteiger partial charge < -0.3 is 18.9 Å². The van der Waals surface area contributed by atoms with Crippen molar-refractivity contribution in [2.75, 3.05) is 46.8 Å². The number of ether oxygens (including phenoxy) is 4. The van der Waals surface area contributed by atoms with Crippen LogP contribution in [-0.2, 0) is 18.9 Å². The van der Waals surface area contributed by atoms with E-state index in [1.165, 1.54) is 22.3 Å². The zero-order valence-electron chi connectivity index (χ0n) is 14.7. The Morgan fingerprint density at radius 2 is 1.23 bits per heavy atom. The fraction of sp³-hybridized carbons (Fsp3) is 0.400. The Kier molecular flexibility index (Phi) is 7.66. The van der Waals surface area contributed by atoms with E-state index < -0.39 is 0 Å². The third kappa shape index (κ3) is 4.94. The topological polar surface area (TPSA) is 36.9 Å². The van der Waals surface area contributed by atoms with Gasteiger partial charge in [0.05, 0.1) is 39.6 Å². The fourth-order valence-electron chi connectivity index (χ4n) is 3.03. The second kappa shape index (κ2) is 9.97. The van der Waals surface area contributed by atoms with Crippen LogP contribution in [0, 0.1) is 0 Å². The molecule has 0 heterocycles. The third-order valence-corrected chi connectivity index (χ3v) is 5.18. The van der Waals surface area contributed by atoms with Gasteiger partial charge in [0.2, 0.25) is 0 Å². The Hall–Kier alpha value is -0.760. The highest BCUT2D eigenvalue weighted by Gasteiger charge is 2.29. The summed E-state index contributed by atoms with van der Waals surface area (Å²) in [6, 6.07) is 12.7. The van der Waals surface area contributed by atoms with Gasteiger partial charge in [0.25, 0.3) is 0 Å². The van der Waals surface area contributed by atoms with E-state index in [-0.39, 0.29) is 6.10 Å². The number of methoxy groups -OCH3 is 1. The van der Waals surface area contributed by atoms with E-state index in [1.54, 1.807) is 7.11 Å². The highest BCUT2D eigenvalue weighted by atomic mass is 79.9. The van der Waals surface area contributed by atoms with Crippen molar-refractivity contribution in [3.8, 4) is 11.1 Å². The first-order valence-electron chi connectivity index (χ1n) is 8.56. The summed E-state index contributed by atoms with van der Waals surface area (Å²) < 4.78 is 24.2. The summed E-state index contributed by atoms with van der Waals surface area (Å²) in [6.45, 7) is 3.39. The van der Waals surface area contributed by atoms with Crippen molar-refractivity contribution < 1.29 is 18.9 Å². The van der Waals surface area contributed by atoms with E-state index in [0.717, 1.165) is 8.95 Å². The standard InChI is InChI=1S/C20H22Br2O4/c1-23-6-7-24-8-9-25-10-11-26-20-18-12-14(21)2-4-16(18)17-5-3-15(22)13-19(17)20/h2-5,12-13,20H,6-11H2,1H3. The van der Waals surface area contributed by atoms with Crippen molar-refractivity contribution in [3.63, 3.8) is 0 Å². The van der Waals surface area contributed by atoms with E-state index in [2.05, 4.69) is 68.3 Å². The highest BCUT2D eigenvalue weighted by Crippen LogP contribution is 2.46. The highest BCUT2D eigenvalue weighted by molar-refractivity contribution is 9.10. The van der Waals surface area contributed by atoms with E-state index in [9.17, 15) is 0 Å². The summed E-state index contributed by atoms with van der Waals surface area (Å²) in [5.74, 6) is 0. The van der Waals surface area contributed by atoms with Gasteiger partial charge in [-0.3, -0.25) is 0 Å². The monoisotopic (exact) mass is 484 g/mol. The van der Waals surface area contributed by atoms with Crippen LogP contribution in [0.4, 0.5) is 0 Å². The molecule has 0 fully saturated rings. The number of halogens is 2. The average molecular weight is 486 g/mol. The molecule has 0 saturated heterocycles. The molecule has 2 aromatic carbocycles. The first-order chi connectivity index (χ1) is 12.7. The first kappa shape index (κ1) is 20.0. The maximum atomic E-state index is 6.18. The molecule has 6 heteroatoms. The minimum Gasteiger partial charge on any atom is -0.382 e. The van der Waals surface area contributed by atoms with Crippen LogP contribution in [0.1, 0.15) is 17.2 Å². The molecule has 0 unspecified atom stereocenters. The van der Waals surface area contributed by atoms with Crippen molar-refractivity contribution in [1.82, 2.24) is 0 Å². The van der Waals surface area contributed by atoms with Gasteiger partial charge in [-0.25, -0.2) is 0 Å². The molecule has 0 N–H and O–H groups in total. The molecular formula is C20H22Br2O4. The maximum absolute atomic E-state index is 6.18. The van der Waals surface area contributed by atoms with Gasteiger partial charge in [-0.2, -0.15) is 0 Å². The molecule has 3 rings (SSSR count). The minimum atomic E-state index is -0.0726. The Labute approximate surface area is 171 Å². The molecule has 4 nitrogen and oxygen atoms in total. The summed E-state index contributed by atoms with van der Waals surface area (Å²) in [5, 5.41) is 0. The number of rotatable bonds is 10. The smallest absolute Gasteiger partial charge is 0.109 e. The van der Waals surface area contributed by atoms with Gasteiger partial charge in [0.1, 0.15) is 6.10 Å². The lowest BCUT2D eigenvalue weighted by atomic mass is 10.1. The minimum absolute atomic E-state index is 0.0726. The summed E-state index contributed by atoms with van der Waals surface area (Å²) >= 11 is 7.13. The van der Waals surface area contributed by atoms with E-state index >= 15 is 0 Å². The molecule has 0 aromatic heterocycles. The molecule has 1 aliphatic rings. The van der Waals surface area contributed by atoms with Crippen molar-refractivity contribution in [2.24, 2.45) is 0 Å². The molecule has 0 spiro atoms. The number of hydrogen-bond acceptors (Lipinski definition) is 4. The van der Waals surface area contributed by atoms with Crippen LogP contribution in [0.15, 0.2) is 45.3 Å². The Morgan fingerprint density at radius 3 is 1.77 bits per heavy atom. The van der Waals surface area contributed by atoms with Gasteiger partial charge in [-0.05, 0) is 46.5 Å². The predicted octanol–water partition coefficient (Wildman–Crippen LogP) is 4.98.